The van der Waals surface area contributed by atoms with E-state index in [2.05, 4.69) is 36.0 Å². The van der Waals surface area contributed by atoms with Gasteiger partial charge in [0.15, 0.2) is 0 Å². The third-order valence-electron chi connectivity index (χ3n) is 4.36. The topological polar surface area (TPSA) is 27.7 Å². The second-order valence-electron chi connectivity index (χ2n) is 5.94. The molecular formula is C14H29N3O. The van der Waals surface area contributed by atoms with Gasteiger partial charge in [-0.15, -0.1) is 0 Å². The molecule has 106 valence electrons. The molecule has 2 fully saturated rings. The minimum absolute atomic E-state index is 0.440. The number of rotatable bonds is 5. The van der Waals surface area contributed by atoms with Crippen LogP contribution in [0.3, 0.4) is 0 Å². The molecule has 0 radical (unpaired) electrons. The normalized spacial score (nSPS) is 32.8. The van der Waals surface area contributed by atoms with Gasteiger partial charge in [0, 0.05) is 51.4 Å². The van der Waals surface area contributed by atoms with Crippen LogP contribution in [0.15, 0.2) is 0 Å². The zero-order valence-electron chi connectivity index (χ0n) is 12.2. The lowest BCUT2D eigenvalue weighted by Gasteiger charge is -2.38. The van der Waals surface area contributed by atoms with Crippen molar-refractivity contribution in [2.45, 2.75) is 44.9 Å². The van der Waals surface area contributed by atoms with Crippen LogP contribution in [0, 0.1) is 0 Å². The van der Waals surface area contributed by atoms with Gasteiger partial charge in [0.05, 0.1) is 6.10 Å². The third-order valence-corrected chi connectivity index (χ3v) is 4.36. The minimum atomic E-state index is 0.440. The average molecular weight is 255 g/mol. The molecule has 2 aliphatic heterocycles. The van der Waals surface area contributed by atoms with Gasteiger partial charge in [-0.05, 0) is 33.7 Å². The molecule has 0 aromatic rings. The molecule has 0 spiro atoms. The van der Waals surface area contributed by atoms with E-state index in [0.717, 1.165) is 19.7 Å². The average Bonchev–Trinajstić information content (AvgIpc) is 2.85. The Labute approximate surface area is 112 Å². The van der Waals surface area contributed by atoms with Gasteiger partial charge in [-0.1, -0.05) is 0 Å². The van der Waals surface area contributed by atoms with Gasteiger partial charge in [-0.25, -0.2) is 0 Å². The number of nitrogens with one attached hydrogen (secondary N) is 1. The Hall–Kier alpha value is -0.160. The predicted molar refractivity (Wildman–Crippen MR) is 75.0 cm³/mol. The Balaban J connectivity index is 1.62. The summed E-state index contributed by atoms with van der Waals surface area (Å²) in [4.78, 5) is 5.01. The second-order valence-corrected chi connectivity index (χ2v) is 5.94. The Morgan fingerprint density at radius 1 is 1.39 bits per heavy atom. The summed E-state index contributed by atoms with van der Waals surface area (Å²) in [6.45, 7) is 11.4. The number of hydrogen-bond acceptors (Lipinski definition) is 4. The predicted octanol–water partition coefficient (Wildman–Crippen LogP) is 0.779. The molecule has 2 rings (SSSR count). The molecule has 2 aliphatic rings. The van der Waals surface area contributed by atoms with Crippen LogP contribution >= 0.6 is 0 Å². The molecule has 0 saturated carbocycles. The lowest BCUT2D eigenvalue weighted by Crippen LogP contribution is -2.52. The molecule has 18 heavy (non-hydrogen) atoms. The summed E-state index contributed by atoms with van der Waals surface area (Å²) in [7, 11) is 2.21. The number of likely N-dealkylation sites (N-methyl/N-ethyl adjacent to an activating group) is 1. The summed E-state index contributed by atoms with van der Waals surface area (Å²) in [5, 5.41) is 3.62. The largest absolute Gasteiger partial charge is 0.377 e. The van der Waals surface area contributed by atoms with Crippen molar-refractivity contribution in [3.8, 4) is 0 Å². The van der Waals surface area contributed by atoms with Crippen molar-refractivity contribution in [1.29, 1.82) is 0 Å². The molecule has 2 heterocycles. The van der Waals surface area contributed by atoms with Crippen LogP contribution in [-0.2, 0) is 4.74 Å². The van der Waals surface area contributed by atoms with Gasteiger partial charge >= 0.3 is 0 Å². The number of piperazine rings is 1. The molecule has 0 aromatic heterocycles. The molecule has 2 saturated heterocycles. The first kappa shape index (κ1) is 14.3. The Kier molecular flexibility index (Phi) is 5.42. The molecule has 0 bridgehead atoms. The molecule has 4 heteroatoms. The fraction of sp³-hybridized carbons (Fsp3) is 1.00. The first-order valence-corrected chi connectivity index (χ1v) is 7.44. The van der Waals surface area contributed by atoms with E-state index in [-0.39, 0.29) is 0 Å². The van der Waals surface area contributed by atoms with Crippen LogP contribution in [0.4, 0.5) is 0 Å². The molecule has 0 aromatic carbocycles. The van der Waals surface area contributed by atoms with E-state index in [0.29, 0.717) is 18.2 Å². The minimum Gasteiger partial charge on any atom is -0.377 e. The summed E-state index contributed by atoms with van der Waals surface area (Å²) in [6.07, 6.45) is 2.89. The zero-order chi connectivity index (χ0) is 13.0. The Morgan fingerprint density at radius 2 is 2.22 bits per heavy atom. The van der Waals surface area contributed by atoms with Gasteiger partial charge in [0.1, 0.15) is 0 Å². The van der Waals surface area contributed by atoms with Crippen LogP contribution in [-0.4, -0.2) is 74.4 Å². The summed E-state index contributed by atoms with van der Waals surface area (Å²) in [5.74, 6) is 0. The molecule has 4 nitrogen and oxygen atoms in total. The summed E-state index contributed by atoms with van der Waals surface area (Å²) < 4.78 is 5.71. The van der Waals surface area contributed by atoms with Crippen LogP contribution in [0.25, 0.3) is 0 Å². The van der Waals surface area contributed by atoms with Crippen LogP contribution in [0.5, 0.6) is 0 Å². The maximum absolute atomic E-state index is 5.71. The van der Waals surface area contributed by atoms with Gasteiger partial charge < -0.3 is 15.0 Å². The van der Waals surface area contributed by atoms with Gasteiger partial charge in [0.25, 0.3) is 0 Å². The van der Waals surface area contributed by atoms with Crippen LogP contribution < -0.4 is 5.32 Å². The molecule has 3 atom stereocenters. The van der Waals surface area contributed by atoms with E-state index in [9.17, 15) is 0 Å². The van der Waals surface area contributed by atoms with Gasteiger partial charge in [0.2, 0.25) is 0 Å². The van der Waals surface area contributed by atoms with Crippen molar-refractivity contribution < 1.29 is 4.74 Å². The van der Waals surface area contributed by atoms with Crippen molar-refractivity contribution in [2.75, 3.05) is 46.4 Å². The number of nitrogens with zero attached hydrogens (tertiary/aromatic N) is 2. The molecule has 0 amide bonds. The molecule has 0 aliphatic carbocycles. The van der Waals surface area contributed by atoms with E-state index >= 15 is 0 Å². The molecule has 3 unspecified atom stereocenters. The highest BCUT2D eigenvalue weighted by Gasteiger charge is 2.23. The lowest BCUT2D eigenvalue weighted by atomic mass is 10.1. The SMILES string of the molecule is CC(NCCN1CCN(C)CC1C)C1CCCO1. The Morgan fingerprint density at radius 3 is 2.89 bits per heavy atom. The zero-order valence-corrected chi connectivity index (χ0v) is 12.2. The van der Waals surface area contributed by atoms with E-state index in [1.54, 1.807) is 0 Å². The van der Waals surface area contributed by atoms with Crippen molar-refractivity contribution >= 4 is 0 Å². The van der Waals surface area contributed by atoms with Crippen molar-refractivity contribution in [1.82, 2.24) is 15.1 Å². The lowest BCUT2D eigenvalue weighted by molar-refractivity contribution is 0.0761. The van der Waals surface area contributed by atoms with E-state index in [1.165, 1.54) is 32.5 Å². The smallest absolute Gasteiger partial charge is 0.0726 e. The highest BCUT2D eigenvalue weighted by Crippen LogP contribution is 2.15. The number of hydrogen-bond donors (Lipinski definition) is 1. The van der Waals surface area contributed by atoms with Crippen molar-refractivity contribution in [3.63, 3.8) is 0 Å². The van der Waals surface area contributed by atoms with E-state index in [1.807, 2.05) is 0 Å². The van der Waals surface area contributed by atoms with Gasteiger partial charge in [-0.3, -0.25) is 4.90 Å². The quantitative estimate of drug-likeness (QED) is 0.786. The monoisotopic (exact) mass is 255 g/mol. The maximum atomic E-state index is 5.71. The first-order chi connectivity index (χ1) is 8.66. The second kappa shape index (κ2) is 6.85. The summed E-state index contributed by atoms with van der Waals surface area (Å²) in [6, 6.07) is 1.18. The first-order valence-electron chi connectivity index (χ1n) is 7.44. The fourth-order valence-corrected chi connectivity index (χ4v) is 3.07. The molecular weight excluding hydrogens is 226 g/mol. The third kappa shape index (κ3) is 3.92. The fourth-order valence-electron chi connectivity index (χ4n) is 3.07. The number of ether oxygens (including phenoxy) is 1. The van der Waals surface area contributed by atoms with Gasteiger partial charge in [-0.2, -0.15) is 0 Å². The van der Waals surface area contributed by atoms with E-state index < -0.39 is 0 Å². The highest BCUT2D eigenvalue weighted by molar-refractivity contribution is 4.80. The van der Waals surface area contributed by atoms with Crippen molar-refractivity contribution in [2.24, 2.45) is 0 Å². The van der Waals surface area contributed by atoms with Crippen molar-refractivity contribution in [3.05, 3.63) is 0 Å². The van der Waals surface area contributed by atoms with Crippen LogP contribution in [0.1, 0.15) is 26.7 Å². The maximum Gasteiger partial charge on any atom is 0.0726 e. The highest BCUT2D eigenvalue weighted by atomic mass is 16.5. The van der Waals surface area contributed by atoms with E-state index in [4.69, 9.17) is 4.74 Å². The molecule has 1 N–H and O–H groups in total. The standard InChI is InChI=1S/C14H29N3O/c1-12-11-16(3)8-9-17(12)7-6-15-13(2)14-5-4-10-18-14/h12-15H,4-11H2,1-3H3. The Bertz CT molecular complexity index is 243. The van der Waals surface area contributed by atoms with Crippen LogP contribution in [0.2, 0.25) is 0 Å². The summed E-state index contributed by atoms with van der Waals surface area (Å²) in [5.41, 5.74) is 0. The summed E-state index contributed by atoms with van der Waals surface area (Å²) >= 11 is 0.